The zero-order chi connectivity index (χ0) is 11.5. The molecule has 2 rings (SSSR count). The zero-order valence-electron chi connectivity index (χ0n) is 9.07. The van der Waals surface area contributed by atoms with Crippen molar-refractivity contribution < 1.29 is 4.39 Å². The number of aromatic amines is 1. The largest absolute Gasteiger partial charge is 0.342 e. The maximum atomic E-state index is 12.7. The minimum atomic E-state index is -0.237. The zero-order valence-corrected chi connectivity index (χ0v) is 9.07. The molecule has 0 radical (unpaired) electrons. The lowest BCUT2D eigenvalue weighted by atomic mass is 10.2. The number of hydrogen-bond acceptors (Lipinski definition) is 2. The van der Waals surface area contributed by atoms with Crippen LogP contribution in [0.3, 0.4) is 0 Å². The summed E-state index contributed by atoms with van der Waals surface area (Å²) in [6.07, 6.45) is 2.45. The Morgan fingerprint density at radius 3 is 2.69 bits per heavy atom. The van der Waals surface area contributed by atoms with Crippen LogP contribution >= 0.6 is 0 Å². The number of H-pyrrole nitrogens is 1. The van der Waals surface area contributed by atoms with E-state index >= 15 is 0 Å². The molecule has 0 aliphatic rings. The Kier molecular flexibility index (Phi) is 3.01. The van der Waals surface area contributed by atoms with Crippen LogP contribution in [-0.4, -0.2) is 16.0 Å². The van der Waals surface area contributed by atoms with Crippen molar-refractivity contribution in [1.82, 2.24) is 9.97 Å². The third-order valence-corrected chi connectivity index (χ3v) is 2.30. The number of benzene rings is 1. The van der Waals surface area contributed by atoms with Crippen molar-refractivity contribution >= 4 is 0 Å². The van der Waals surface area contributed by atoms with Gasteiger partial charge >= 0.3 is 0 Å². The number of nitrogens with two attached hydrogens (primary N) is 1. The second-order valence-corrected chi connectivity index (χ2v) is 3.93. The molecule has 0 saturated heterocycles. The molecule has 16 heavy (non-hydrogen) atoms. The SMILES string of the molecule is CC(N)Cc1ncc(-c2ccc(F)cc2)[nH]1. The lowest BCUT2D eigenvalue weighted by Gasteiger charge is -2.00. The topological polar surface area (TPSA) is 54.7 Å². The van der Waals surface area contributed by atoms with Crippen molar-refractivity contribution in [2.45, 2.75) is 19.4 Å². The molecule has 2 aromatic rings. The van der Waals surface area contributed by atoms with Crippen molar-refractivity contribution in [2.75, 3.05) is 0 Å². The first kappa shape index (κ1) is 10.8. The van der Waals surface area contributed by atoms with E-state index in [-0.39, 0.29) is 11.9 Å². The highest BCUT2D eigenvalue weighted by Crippen LogP contribution is 2.17. The number of nitrogens with one attached hydrogen (secondary N) is 1. The Morgan fingerprint density at radius 1 is 1.38 bits per heavy atom. The van der Waals surface area contributed by atoms with Crippen LogP contribution < -0.4 is 5.73 Å². The molecule has 1 atom stereocenters. The van der Waals surface area contributed by atoms with Gasteiger partial charge in [-0.2, -0.15) is 0 Å². The van der Waals surface area contributed by atoms with Crippen molar-refractivity contribution in [2.24, 2.45) is 5.73 Å². The minimum absolute atomic E-state index is 0.0761. The Bertz CT molecular complexity index is 459. The molecule has 1 heterocycles. The van der Waals surface area contributed by atoms with Crippen molar-refractivity contribution in [1.29, 1.82) is 0 Å². The van der Waals surface area contributed by atoms with Gasteiger partial charge in [-0.3, -0.25) is 0 Å². The fraction of sp³-hybridized carbons (Fsp3) is 0.250. The summed E-state index contributed by atoms with van der Waals surface area (Å²) in [5.74, 6) is 0.619. The first-order chi connectivity index (χ1) is 7.65. The predicted molar refractivity (Wildman–Crippen MR) is 61.3 cm³/mol. The number of aromatic nitrogens is 2. The molecule has 0 fully saturated rings. The Hall–Kier alpha value is -1.68. The van der Waals surface area contributed by atoms with Gasteiger partial charge in [-0.15, -0.1) is 0 Å². The molecule has 4 heteroatoms. The lowest BCUT2D eigenvalue weighted by Crippen LogP contribution is -2.18. The monoisotopic (exact) mass is 219 g/mol. The van der Waals surface area contributed by atoms with Crippen molar-refractivity contribution in [3.05, 3.63) is 42.1 Å². The van der Waals surface area contributed by atoms with E-state index in [1.807, 2.05) is 6.92 Å². The molecule has 0 aliphatic heterocycles. The summed E-state index contributed by atoms with van der Waals surface area (Å²) in [7, 11) is 0. The standard InChI is InChI=1S/C12H14FN3/c1-8(14)6-12-15-7-11(16-12)9-2-4-10(13)5-3-9/h2-5,7-8H,6,14H2,1H3,(H,15,16). The molecular formula is C12H14FN3. The van der Waals surface area contributed by atoms with Gasteiger partial charge in [0.2, 0.25) is 0 Å². The molecule has 3 nitrogen and oxygen atoms in total. The van der Waals surface area contributed by atoms with E-state index < -0.39 is 0 Å². The number of hydrogen-bond donors (Lipinski definition) is 2. The summed E-state index contributed by atoms with van der Waals surface area (Å²) in [5.41, 5.74) is 7.49. The van der Waals surface area contributed by atoms with Crippen LogP contribution in [0.2, 0.25) is 0 Å². The van der Waals surface area contributed by atoms with Crippen LogP contribution in [0.4, 0.5) is 4.39 Å². The van der Waals surface area contributed by atoms with Gasteiger partial charge in [0.1, 0.15) is 11.6 Å². The Morgan fingerprint density at radius 2 is 2.06 bits per heavy atom. The maximum absolute atomic E-state index is 12.7. The highest BCUT2D eigenvalue weighted by molar-refractivity contribution is 5.58. The molecule has 0 aliphatic carbocycles. The van der Waals surface area contributed by atoms with Crippen LogP contribution in [0.15, 0.2) is 30.5 Å². The quantitative estimate of drug-likeness (QED) is 0.830. The molecule has 3 N–H and O–H groups in total. The first-order valence-corrected chi connectivity index (χ1v) is 5.20. The predicted octanol–water partition coefficient (Wildman–Crippen LogP) is 2.11. The third kappa shape index (κ3) is 2.46. The van der Waals surface area contributed by atoms with Crippen molar-refractivity contribution in [3.8, 4) is 11.3 Å². The molecule has 1 aromatic carbocycles. The van der Waals surface area contributed by atoms with Crippen LogP contribution in [0.25, 0.3) is 11.3 Å². The minimum Gasteiger partial charge on any atom is -0.342 e. The Balaban J connectivity index is 2.21. The van der Waals surface area contributed by atoms with E-state index in [1.54, 1.807) is 18.3 Å². The van der Waals surface area contributed by atoms with Crippen LogP contribution in [0, 0.1) is 5.82 Å². The second-order valence-electron chi connectivity index (χ2n) is 3.93. The van der Waals surface area contributed by atoms with Gasteiger partial charge in [-0.1, -0.05) is 0 Å². The number of halogens is 1. The summed E-state index contributed by atoms with van der Waals surface area (Å²) >= 11 is 0. The molecular weight excluding hydrogens is 205 g/mol. The summed E-state index contributed by atoms with van der Waals surface area (Å²) in [4.78, 5) is 7.39. The summed E-state index contributed by atoms with van der Waals surface area (Å²) in [5, 5.41) is 0. The molecule has 1 aromatic heterocycles. The summed E-state index contributed by atoms with van der Waals surface area (Å²) in [6.45, 7) is 1.93. The van der Waals surface area contributed by atoms with Gasteiger partial charge in [0, 0.05) is 12.5 Å². The van der Waals surface area contributed by atoms with Gasteiger partial charge in [0.15, 0.2) is 0 Å². The number of imidazole rings is 1. The molecule has 0 bridgehead atoms. The van der Waals surface area contributed by atoms with E-state index in [4.69, 9.17) is 5.73 Å². The fourth-order valence-electron chi connectivity index (χ4n) is 1.55. The molecule has 0 saturated carbocycles. The van der Waals surface area contributed by atoms with E-state index in [9.17, 15) is 4.39 Å². The van der Waals surface area contributed by atoms with Crippen molar-refractivity contribution in [3.63, 3.8) is 0 Å². The average molecular weight is 219 g/mol. The van der Waals surface area contributed by atoms with E-state index in [1.165, 1.54) is 12.1 Å². The fourth-order valence-corrected chi connectivity index (χ4v) is 1.55. The van der Waals surface area contributed by atoms with Gasteiger partial charge in [-0.25, -0.2) is 9.37 Å². The lowest BCUT2D eigenvalue weighted by molar-refractivity contribution is 0.628. The number of rotatable bonds is 3. The normalized spacial score (nSPS) is 12.7. The van der Waals surface area contributed by atoms with E-state index in [0.717, 1.165) is 17.1 Å². The Labute approximate surface area is 93.5 Å². The highest BCUT2D eigenvalue weighted by Gasteiger charge is 2.05. The maximum Gasteiger partial charge on any atom is 0.123 e. The van der Waals surface area contributed by atoms with Crippen LogP contribution in [0.5, 0.6) is 0 Å². The summed E-state index contributed by atoms with van der Waals surface area (Å²) in [6, 6.07) is 6.38. The first-order valence-electron chi connectivity index (χ1n) is 5.20. The third-order valence-electron chi connectivity index (χ3n) is 2.30. The molecule has 0 spiro atoms. The van der Waals surface area contributed by atoms with E-state index in [2.05, 4.69) is 9.97 Å². The molecule has 84 valence electrons. The van der Waals surface area contributed by atoms with Crippen LogP contribution in [0.1, 0.15) is 12.7 Å². The molecule has 0 amide bonds. The average Bonchev–Trinajstić information content (AvgIpc) is 2.66. The number of nitrogens with zero attached hydrogens (tertiary/aromatic N) is 1. The smallest absolute Gasteiger partial charge is 0.123 e. The van der Waals surface area contributed by atoms with Crippen LogP contribution in [-0.2, 0) is 6.42 Å². The molecule has 1 unspecified atom stereocenters. The van der Waals surface area contributed by atoms with E-state index in [0.29, 0.717) is 6.42 Å². The van der Waals surface area contributed by atoms with Gasteiger partial charge in [-0.05, 0) is 36.8 Å². The van der Waals surface area contributed by atoms with Gasteiger partial charge in [0.25, 0.3) is 0 Å². The van der Waals surface area contributed by atoms with Gasteiger partial charge < -0.3 is 10.7 Å². The second kappa shape index (κ2) is 4.45. The summed E-state index contributed by atoms with van der Waals surface area (Å²) < 4.78 is 12.7. The van der Waals surface area contributed by atoms with Gasteiger partial charge in [0.05, 0.1) is 11.9 Å². The highest BCUT2D eigenvalue weighted by atomic mass is 19.1.